The number of thiazole rings is 1. The standard InChI is InChI=1S/C11H20N2S/c1-4-5-10-13-9(8-14-10)6-7-11(2,3)12/h8H,4-7,12H2,1-3H3. The molecule has 0 fully saturated rings. The average Bonchev–Trinajstić information content (AvgIpc) is 2.49. The van der Waals surface area contributed by atoms with E-state index in [9.17, 15) is 0 Å². The molecule has 14 heavy (non-hydrogen) atoms. The Morgan fingerprint density at radius 3 is 2.71 bits per heavy atom. The van der Waals surface area contributed by atoms with Gasteiger partial charge in [-0.15, -0.1) is 11.3 Å². The van der Waals surface area contributed by atoms with Gasteiger partial charge in [0.15, 0.2) is 0 Å². The molecular formula is C11H20N2S. The van der Waals surface area contributed by atoms with Gasteiger partial charge in [-0.2, -0.15) is 0 Å². The van der Waals surface area contributed by atoms with Crippen molar-refractivity contribution in [1.29, 1.82) is 0 Å². The van der Waals surface area contributed by atoms with Crippen LogP contribution in [0.25, 0.3) is 0 Å². The van der Waals surface area contributed by atoms with Crippen molar-refractivity contribution in [3.63, 3.8) is 0 Å². The third-order valence-electron chi connectivity index (χ3n) is 2.09. The first-order valence-electron chi connectivity index (χ1n) is 5.23. The minimum atomic E-state index is -0.0749. The Morgan fingerprint density at radius 2 is 2.14 bits per heavy atom. The van der Waals surface area contributed by atoms with Crippen LogP contribution in [0.4, 0.5) is 0 Å². The van der Waals surface area contributed by atoms with Crippen molar-refractivity contribution >= 4 is 11.3 Å². The Labute approximate surface area is 90.6 Å². The first kappa shape index (κ1) is 11.7. The zero-order valence-electron chi connectivity index (χ0n) is 9.34. The van der Waals surface area contributed by atoms with E-state index in [0.29, 0.717) is 0 Å². The van der Waals surface area contributed by atoms with E-state index in [1.165, 1.54) is 17.1 Å². The molecule has 1 aromatic rings. The van der Waals surface area contributed by atoms with E-state index >= 15 is 0 Å². The van der Waals surface area contributed by atoms with Crippen LogP contribution in [0.5, 0.6) is 0 Å². The number of nitrogens with zero attached hydrogens (tertiary/aromatic N) is 1. The molecule has 80 valence electrons. The van der Waals surface area contributed by atoms with E-state index in [2.05, 4.69) is 31.1 Å². The molecule has 1 rings (SSSR count). The van der Waals surface area contributed by atoms with E-state index in [0.717, 1.165) is 19.3 Å². The van der Waals surface area contributed by atoms with Gasteiger partial charge in [-0.25, -0.2) is 4.98 Å². The fourth-order valence-corrected chi connectivity index (χ4v) is 2.18. The van der Waals surface area contributed by atoms with Crippen molar-refractivity contribution in [3.05, 3.63) is 16.1 Å². The monoisotopic (exact) mass is 212 g/mol. The van der Waals surface area contributed by atoms with Crippen LogP contribution in [0, 0.1) is 0 Å². The first-order chi connectivity index (χ1) is 6.51. The number of hydrogen-bond donors (Lipinski definition) is 1. The predicted octanol–water partition coefficient (Wildman–Crippen LogP) is 2.77. The van der Waals surface area contributed by atoms with Gasteiger partial charge in [0.1, 0.15) is 0 Å². The summed E-state index contributed by atoms with van der Waals surface area (Å²) in [4.78, 5) is 4.57. The molecule has 1 heterocycles. The fraction of sp³-hybridized carbons (Fsp3) is 0.727. The van der Waals surface area contributed by atoms with Crippen molar-refractivity contribution < 1.29 is 0 Å². The SMILES string of the molecule is CCCc1nc(CCC(C)(C)N)cs1. The molecule has 0 unspecified atom stereocenters. The summed E-state index contributed by atoms with van der Waals surface area (Å²) in [6.07, 6.45) is 4.29. The maximum absolute atomic E-state index is 5.92. The quantitative estimate of drug-likeness (QED) is 0.815. The summed E-state index contributed by atoms with van der Waals surface area (Å²) in [7, 11) is 0. The number of nitrogens with two attached hydrogens (primary N) is 1. The van der Waals surface area contributed by atoms with Gasteiger partial charge in [-0.05, 0) is 39.5 Å². The highest BCUT2D eigenvalue weighted by Gasteiger charge is 2.11. The van der Waals surface area contributed by atoms with Crippen LogP contribution < -0.4 is 5.73 Å². The Bertz CT molecular complexity index is 273. The molecule has 0 saturated heterocycles. The van der Waals surface area contributed by atoms with Crippen molar-refractivity contribution in [2.45, 2.75) is 52.0 Å². The Hall–Kier alpha value is -0.410. The lowest BCUT2D eigenvalue weighted by atomic mass is 9.99. The molecule has 0 atom stereocenters. The highest BCUT2D eigenvalue weighted by Crippen LogP contribution is 2.15. The topological polar surface area (TPSA) is 38.9 Å². The average molecular weight is 212 g/mol. The molecule has 0 aliphatic carbocycles. The normalized spacial score (nSPS) is 12.0. The zero-order chi connectivity index (χ0) is 10.6. The summed E-state index contributed by atoms with van der Waals surface area (Å²) in [6, 6.07) is 0. The second-order valence-corrected chi connectivity index (χ2v) is 5.41. The first-order valence-corrected chi connectivity index (χ1v) is 6.11. The molecule has 0 aliphatic heterocycles. The van der Waals surface area contributed by atoms with E-state index < -0.39 is 0 Å². The maximum atomic E-state index is 5.92. The zero-order valence-corrected chi connectivity index (χ0v) is 10.2. The van der Waals surface area contributed by atoms with Gasteiger partial charge in [0.2, 0.25) is 0 Å². The third-order valence-corrected chi connectivity index (χ3v) is 3.05. The van der Waals surface area contributed by atoms with Crippen molar-refractivity contribution in [1.82, 2.24) is 4.98 Å². The third kappa shape index (κ3) is 4.20. The molecule has 3 heteroatoms. The molecule has 0 radical (unpaired) electrons. The van der Waals surface area contributed by atoms with Crippen molar-refractivity contribution in [3.8, 4) is 0 Å². The summed E-state index contributed by atoms with van der Waals surface area (Å²) >= 11 is 1.77. The van der Waals surface area contributed by atoms with Crippen molar-refractivity contribution in [2.75, 3.05) is 0 Å². The highest BCUT2D eigenvalue weighted by atomic mass is 32.1. The smallest absolute Gasteiger partial charge is 0.0928 e. The van der Waals surface area contributed by atoms with Gasteiger partial charge in [0.25, 0.3) is 0 Å². The van der Waals surface area contributed by atoms with Gasteiger partial charge in [0, 0.05) is 10.9 Å². The molecular weight excluding hydrogens is 192 g/mol. The highest BCUT2D eigenvalue weighted by molar-refractivity contribution is 7.09. The largest absolute Gasteiger partial charge is 0.326 e. The number of hydrogen-bond acceptors (Lipinski definition) is 3. The van der Waals surface area contributed by atoms with E-state index in [-0.39, 0.29) is 5.54 Å². The fourth-order valence-electron chi connectivity index (χ4n) is 1.24. The van der Waals surface area contributed by atoms with Gasteiger partial charge >= 0.3 is 0 Å². The van der Waals surface area contributed by atoms with Gasteiger partial charge in [-0.3, -0.25) is 0 Å². The van der Waals surface area contributed by atoms with Crippen LogP contribution in [0.2, 0.25) is 0 Å². The molecule has 0 spiro atoms. The second kappa shape index (κ2) is 4.89. The van der Waals surface area contributed by atoms with E-state index in [4.69, 9.17) is 5.73 Å². The summed E-state index contributed by atoms with van der Waals surface area (Å²) in [5, 5.41) is 3.42. The van der Waals surface area contributed by atoms with E-state index in [1.54, 1.807) is 11.3 Å². The lowest BCUT2D eigenvalue weighted by Crippen LogP contribution is -2.32. The molecule has 2 N–H and O–H groups in total. The van der Waals surface area contributed by atoms with Crippen LogP contribution >= 0.6 is 11.3 Å². The van der Waals surface area contributed by atoms with Crippen molar-refractivity contribution in [2.24, 2.45) is 5.73 Å². The van der Waals surface area contributed by atoms with Crippen LogP contribution in [0.3, 0.4) is 0 Å². The van der Waals surface area contributed by atoms with Crippen LogP contribution in [0.1, 0.15) is 44.3 Å². The van der Waals surface area contributed by atoms with Gasteiger partial charge < -0.3 is 5.73 Å². The van der Waals surface area contributed by atoms with Crippen LogP contribution in [-0.4, -0.2) is 10.5 Å². The molecule has 0 aromatic carbocycles. The lowest BCUT2D eigenvalue weighted by Gasteiger charge is -2.16. The summed E-state index contributed by atoms with van der Waals surface area (Å²) in [5.41, 5.74) is 7.06. The summed E-state index contributed by atoms with van der Waals surface area (Å²) in [6.45, 7) is 6.31. The van der Waals surface area contributed by atoms with Crippen LogP contribution in [0.15, 0.2) is 5.38 Å². The Balaban J connectivity index is 2.44. The second-order valence-electron chi connectivity index (χ2n) is 4.47. The van der Waals surface area contributed by atoms with Gasteiger partial charge in [-0.1, -0.05) is 6.92 Å². The summed E-state index contributed by atoms with van der Waals surface area (Å²) in [5.74, 6) is 0. The molecule has 0 amide bonds. The number of aromatic nitrogens is 1. The summed E-state index contributed by atoms with van der Waals surface area (Å²) < 4.78 is 0. The maximum Gasteiger partial charge on any atom is 0.0928 e. The number of aryl methyl sites for hydroxylation is 2. The number of rotatable bonds is 5. The minimum Gasteiger partial charge on any atom is -0.326 e. The Kier molecular flexibility index (Phi) is 4.08. The predicted molar refractivity (Wildman–Crippen MR) is 62.7 cm³/mol. The van der Waals surface area contributed by atoms with Gasteiger partial charge in [0.05, 0.1) is 10.7 Å². The van der Waals surface area contributed by atoms with E-state index in [1.807, 2.05) is 0 Å². The molecule has 1 aromatic heterocycles. The molecule has 0 saturated carbocycles. The lowest BCUT2D eigenvalue weighted by molar-refractivity contribution is 0.474. The molecule has 0 aliphatic rings. The Morgan fingerprint density at radius 1 is 1.43 bits per heavy atom. The van der Waals surface area contributed by atoms with Crippen LogP contribution in [-0.2, 0) is 12.8 Å². The minimum absolute atomic E-state index is 0.0749. The molecule has 0 bridgehead atoms. The molecule has 2 nitrogen and oxygen atoms in total.